The number of fused-ring (bicyclic) bond motifs is 1. The summed E-state index contributed by atoms with van der Waals surface area (Å²) >= 11 is 3.38. The lowest BCUT2D eigenvalue weighted by Gasteiger charge is -2.09. The molecule has 24 heavy (non-hydrogen) atoms. The molecule has 2 aliphatic rings. The highest BCUT2D eigenvalue weighted by atomic mass is 79.9. The van der Waals surface area contributed by atoms with Crippen molar-refractivity contribution in [2.75, 3.05) is 19.9 Å². The molecule has 0 radical (unpaired) electrons. The number of benzene rings is 1. The second-order valence-electron chi connectivity index (χ2n) is 5.27. The predicted octanol–water partition coefficient (Wildman–Crippen LogP) is 0.923. The van der Waals surface area contributed by atoms with Gasteiger partial charge in [0.1, 0.15) is 0 Å². The third kappa shape index (κ3) is 4.04. The number of nitrogens with zero attached hydrogens (tertiary/aromatic N) is 1. The van der Waals surface area contributed by atoms with Gasteiger partial charge in [-0.05, 0) is 40.9 Å². The van der Waals surface area contributed by atoms with Gasteiger partial charge in [0.25, 0.3) is 0 Å². The maximum atomic E-state index is 11.7. The minimum Gasteiger partial charge on any atom is -0.454 e. The summed E-state index contributed by atoms with van der Waals surface area (Å²) in [4.78, 5) is 23.3. The second-order valence-corrected chi connectivity index (χ2v) is 6.13. The lowest BCUT2D eigenvalue weighted by molar-refractivity contribution is -0.139. The van der Waals surface area contributed by atoms with E-state index in [2.05, 4.69) is 31.8 Å². The Balaban J connectivity index is 1.50. The molecule has 2 amide bonds. The molecule has 1 saturated heterocycles. The molecule has 0 saturated carbocycles. The van der Waals surface area contributed by atoms with Gasteiger partial charge in [-0.15, -0.1) is 0 Å². The van der Waals surface area contributed by atoms with Crippen LogP contribution in [0.15, 0.2) is 21.7 Å². The van der Waals surface area contributed by atoms with E-state index in [0.29, 0.717) is 30.2 Å². The smallest absolute Gasteiger partial charge is 0.329 e. The topological polar surface area (TPSA) is 98.2 Å². The van der Waals surface area contributed by atoms with E-state index in [-0.39, 0.29) is 12.9 Å². The molecule has 128 valence electrons. The number of halogens is 1. The third-order valence-electron chi connectivity index (χ3n) is 3.58. The molecule has 0 aliphatic carbocycles. The monoisotopic (exact) mass is 397 g/mol. The first kappa shape index (κ1) is 16.7. The molecule has 1 aromatic carbocycles. The van der Waals surface area contributed by atoms with Crippen molar-refractivity contribution in [1.82, 2.24) is 10.7 Å². The first-order chi connectivity index (χ1) is 11.6. The maximum absolute atomic E-state index is 11.7. The van der Waals surface area contributed by atoms with Crippen LogP contribution in [0.5, 0.6) is 11.5 Å². The molecule has 0 aromatic heterocycles. The van der Waals surface area contributed by atoms with E-state index in [0.717, 1.165) is 17.3 Å². The highest BCUT2D eigenvalue weighted by molar-refractivity contribution is 9.10. The molecule has 2 N–H and O–H groups in total. The average molecular weight is 398 g/mol. The van der Waals surface area contributed by atoms with Gasteiger partial charge in [-0.2, -0.15) is 5.10 Å². The Hall–Kier alpha value is -2.13. The summed E-state index contributed by atoms with van der Waals surface area (Å²) < 4.78 is 16.6. The van der Waals surface area contributed by atoms with E-state index in [1.807, 2.05) is 0 Å². The van der Waals surface area contributed by atoms with Crippen molar-refractivity contribution in [2.45, 2.75) is 18.9 Å². The van der Waals surface area contributed by atoms with Crippen molar-refractivity contribution >= 4 is 34.0 Å². The van der Waals surface area contributed by atoms with Crippen molar-refractivity contribution < 1.29 is 23.8 Å². The minimum absolute atomic E-state index is 0.0187. The Morgan fingerprint density at radius 2 is 2.08 bits per heavy atom. The first-order valence-electron chi connectivity index (χ1n) is 7.45. The largest absolute Gasteiger partial charge is 0.454 e. The van der Waals surface area contributed by atoms with Gasteiger partial charge in [0.15, 0.2) is 11.5 Å². The van der Waals surface area contributed by atoms with Crippen molar-refractivity contribution in [3.8, 4) is 11.5 Å². The predicted molar refractivity (Wildman–Crippen MR) is 88.0 cm³/mol. The van der Waals surface area contributed by atoms with Gasteiger partial charge in [0, 0.05) is 23.2 Å². The number of nitrogens with one attached hydrogen (secondary N) is 2. The molecule has 0 spiro atoms. The number of amides is 2. The third-order valence-corrected chi connectivity index (χ3v) is 4.27. The maximum Gasteiger partial charge on any atom is 0.329 e. The molecule has 1 aromatic rings. The first-order valence-corrected chi connectivity index (χ1v) is 8.25. The number of carbonyl (C=O) groups is 2. The van der Waals surface area contributed by atoms with Crippen molar-refractivity contribution in [1.29, 1.82) is 0 Å². The van der Waals surface area contributed by atoms with Gasteiger partial charge in [0.2, 0.25) is 6.79 Å². The fourth-order valence-electron chi connectivity index (χ4n) is 2.34. The number of hydrogen-bond acceptors (Lipinski definition) is 6. The van der Waals surface area contributed by atoms with Gasteiger partial charge in [-0.25, -0.2) is 5.43 Å². The van der Waals surface area contributed by atoms with Gasteiger partial charge < -0.3 is 19.5 Å². The van der Waals surface area contributed by atoms with Crippen LogP contribution in [0.2, 0.25) is 0 Å². The summed E-state index contributed by atoms with van der Waals surface area (Å²) in [6, 6.07) is 3.47. The lowest BCUT2D eigenvalue weighted by atomic mass is 10.2. The van der Waals surface area contributed by atoms with E-state index >= 15 is 0 Å². The fourth-order valence-corrected chi connectivity index (χ4v) is 2.76. The summed E-state index contributed by atoms with van der Waals surface area (Å²) in [5.74, 6) is -0.342. The van der Waals surface area contributed by atoms with Crippen LogP contribution in [0.25, 0.3) is 0 Å². The Labute approximate surface area is 146 Å². The Morgan fingerprint density at radius 3 is 2.83 bits per heavy atom. The number of hydrogen-bond donors (Lipinski definition) is 2. The standard InChI is InChI=1S/C15H16BrN3O5/c16-11-5-13-12(23-8-24-13)4-9(11)6-18-19-15(21)14(20)17-7-10-2-1-3-22-10/h4-6,10H,1-3,7-8H2,(H,17,20)(H,19,21)/b18-6-/t10-/m1/s1. The van der Waals surface area contributed by atoms with Crippen molar-refractivity contribution in [2.24, 2.45) is 5.10 Å². The van der Waals surface area contributed by atoms with E-state index in [9.17, 15) is 9.59 Å². The molecule has 2 aliphatic heterocycles. The molecular weight excluding hydrogens is 382 g/mol. The van der Waals surface area contributed by atoms with Gasteiger partial charge in [0.05, 0.1) is 12.3 Å². The molecular formula is C15H16BrN3O5. The normalized spacial score (nSPS) is 18.8. The minimum atomic E-state index is -0.832. The van der Waals surface area contributed by atoms with E-state index in [1.165, 1.54) is 6.21 Å². The quantitative estimate of drug-likeness (QED) is 0.447. The van der Waals surface area contributed by atoms with E-state index in [1.54, 1.807) is 12.1 Å². The molecule has 3 rings (SSSR count). The summed E-state index contributed by atoms with van der Waals surface area (Å²) in [5.41, 5.74) is 2.87. The number of hydrazone groups is 1. The van der Waals surface area contributed by atoms with Crippen LogP contribution in [-0.2, 0) is 14.3 Å². The van der Waals surface area contributed by atoms with Crippen LogP contribution >= 0.6 is 15.9 Å². The lowest BCUT2D eigenvalue weighted by Crippen LogP contribution is -2.41. The summed E-state index contributed by atoms with van der Waals surface area (Å²) in [6.07, 6.45) is 3.26. The zero-order valence-electron chi connectivity index (χ0n) is 12.7. The van der Waals surface area contributed by atoms with Crippen LogP contribution in [-0.4, -0.2) is 44.1 Å². The number of rotatable bonds is 4. The molecule has 8 nitrogen and oxygen atoms in total. The van der Waals surface area contributed by atoms with E-state index < -0.39 is 11.8 Å². The van der Waals surface area contributed by atoms with Crippen LogP contribution < -0.4 is 20.2 Å². The highest BCUT2D eigenvalue weighted by Crippen LogP contribution is 2.36. The molecule has 1 fully saturated rings. The average Bonchev–Trinajstić information content (AvgIpc) is 3.23. The number of carbonyl (C=O) groups excluding carboxylic acids is 2. The van der Waals surface area contributed by atoms with Gasteiger partial charge in [-0.3, -0.25) is 9.59 Å². The molecule has 1 atom stereocenters. The SMILES string of the molecule is O=C(NC[C@H]1CCCO1)C(=O)N/N=C\c1cc2c(cc1Br)OCO2. The van der Waals surface area contributed by atoms with Gasteiger partial charge in [-0.1, -0.05) is 0 Å². The van der Waals surface area contributed by atoms with E-state index in [4.69, 9.17) is 14.2 Å². The fraction of sp³-hybridized carbons (Fsp3) is 0.400. The molecule has 9 heteroatoms. The Bertz CT molecular complexity index is 673. The number of ether oxygens (including phenoxy) is 3. The molecule has 2 heterocycles. The Morgan fingerprint density at radius 1 is 1.29 bits per heavy atom. The second kappa shape index (κ2) is 7.63. The van der Waals surface area contributed by atoms with Crippen LogP contribution in [0, 0.1) is 0 Å². The zero-order valence-corrected chi connectivity index (χ0v) is 14.3. The molecule has 0 bridgehead atoms. The molecule has 0 unspecified atom stereocenters. The van der Waals surface area contributed by atoms with Gasteiger partial charge >= 0.3 is 11.8 Å². The zero-order chi connectivity index (χ0) is 16.9. The summed E-state index contributed by atoms with van der Waals surface area (Å²) in [6.45, 7) is 1.19. The summed E-state index contributed by atoms with van der Waals surface area (Å²) in [7, 11) is 0. The Kier molecular flexibility index (Phi) is 5.31. The van der Waals surface area contributed by atoms with Crippen molar-refractivity contribution in [3.63, 3.8) is 0 Å². The van der Waals surface area contributed by atoms with Crippen LogP contribution in [0.4, 0.5) is 0 Å². The van der Waals surface area contributed by atoms with Crippen molar-refractivity contribution in [3.05, 3.63) is 22.2 Å². The summed E-state index contributed by atoms with van der Waals surface area (Å²) in [5, 5.41) is 6.31. The van der Waals surface area contributed by atoms with Crippen LogP contribution in [0.3, 0.4) is 0 Å². The highest BCUT2D eigenvalue weighted by Gasteiger charge is 2.19. The van der Waals surface area contributed by atoms with Crippen LogP contribution in [0.1, 0.15) is 18.4 Å².